The Hall–Kier alpha value is -0.0400. The van der Waals surface area contributed by atoms with Crippen molar-refractivity contribution in [3.63, 3.8) is 0 Å². The first-order valence-corrected chi connectivity index (χ1v) is 8.83. The maximum atomic E-state index is 4.88. The van der Waals surface area contributed by atoms with Gasteiger partial charge >= 0.3 is 0 Å². The minimum atomic E-state index is 0. The number of nitrogens with zero attached hydrogens (tertiary/aromatic N) is 2. The fraction of sp³-hybridized carbons (Fsp3) is 0.941. The minimum absolute atomic E-state index is 0. The molecule has 22 heavy (non-hydrogen) atoms. The first kappa shape index (κ1) is 20.0. The average molecular weight is 422 g/mol. The summed E-state index contributed by atoms with van der Waals surface area (Å²) in [6, 6.07) is 1.22. The molecule has 5 heteroatoms. The van der Waals surface area contributed by atoms with Crippen molar-refractivity contribution in [1.29, 1.82) is 0 Å². The fourth-order valence-corrected chi connectivity index (χ4v) is 3.46. The van der Waals surface area contributed by atoms with Gasteiger partial charge in [-0.15, -0.1) is 24.0 Å². The molecule has 0 spiro atoms. The van der Waals surface area contributed by atoms with E-state index < -0.39 is 0 Å². The van der Waals surface area contributed by atoms with Gasteiger partial charge in [0.05, 0.1) is 6.54 Å². The van der Waals surface area contributed by atoms with Crippen molar-refractivity contribution >= 4 is 29.9 Å². The van der Waals surface area contributed by atoms with Crippen molar-refractivity contribution in [3.8, 4) is 0 Å². The number of hydrogen-bond acceptors (Lipinski definition) is 2. The van der Waals surface area contributed by atoms with E-state index in [9.17, 15) is 0 Å². The van der Waals surface area contributed by atoms with Gasteiger partial charge in [-0.25, -0.2) is 0 Å². The van der Waals surface area contributed by atoms with Crippen LogP contribution < -0.4 is 10.6 Å². The second-order valence-corrected chi connectivity index (χ2v) is 7.11. The third-order valence-corrected chi connectivity index (χ3v) is 5.07. The van der Waals surface area contributed by atoms with Gasteiger partial charge in [0.2, 0.25) is 0 Å². The van der Waals surface area contributed by atoms with Gasteiger partial charge in [0, 0.05) is 18.6 Å². The number of likely N-dealkylation sites (N-methyl/N-ethyl adjacent to an activating group) is 1. The molecular formula is C17H35IN4. The second kappa shape index (κ2) is 9.96. The lowest BCUT2D eigenvalue weighted by molar-refractivity contribution is 0.176. The molecule has 2 rings (SSSR count). The van der Waals surface area contributed by atoms with Crippen LogP contribution in [0.15, 0.2) is 4.99 Å². The normalized spacial score (nSPS) is 27.2. The molecule has 0 aliphatic heterocycles. The van der Waals surface area contributed by atoms with Crippen LogP contribution in [0.1, 0.15) is 52.4 Å². The molecule has 2 fully saturated rings. The summed E-state index contributed by atoms with van der Waals surface area (Å²) >= 11 is 0. The first-order valence-electron chi connectivity index (χ1n) is 8.83. The summed E-state index contributed by atoms with van der Waals surface area (Å²) in [7, 11) is 4.41. The van der Waals surface area contributed by atoms with Crippen molar-refractivity contribution in [2.45, 2.75) is 64.5 Å². The zero-order chi connectivity index (χ0) is 15.2. The van der Waals surface area contributed by atoms with Gasteiger partial charge in [-0.1, -0.05) is 26.2 Å². The molecule has 0 aromatic carbocycles. The summed E-state index contributed by atoms with van der Waals surface area (Å²) in [6.45, 7) is 6.28. The number of halogens is 1. The molecule has 2 aliphatic carbocycles. The Bertz CT molecular complexity index is 340. The van der Waals surface area contributed by atoms with Crippen LogP contribution >= 0.6 is 24.0 Å². The lowest BCUT2D eigenvalue weighted by Gasteiger charge is -2.34. The third kappa shape index (κ3) is 6.22. The predicted octanol–water partition coefficient (Wildman–Crippen LogP) is 3.08. The van der Waals surface area contributed by atoms with Crippen molar-refractivity contribution in [2.24, 2.45) is 16.8 Å². The molecule has 3 unspecified atom stereocenters. The standard InChI is InChI=1S/C17H34N4.HI/c1-5-18-17(20-15-11-13(15)2)19-12-16(21(3)4)14-9-7-6-8-10-14;/h13-16H,5-12H2,1-4H3,(H2,18,19,20);1H. The summed E-state index contributed by atoms with van der Waals surface area (Å²) in [5.41, 5.74) is 0. The number of nitrogens with one attached hydrogen (secondary N) is 2. The van der Waals surface area contributed by atoms with Crippen LogP contribution in [0.2, 0.25) is 0 Å². The van der Waals surface area contributed by atoms with Crippen LogP contribution in [0, 0.1) is 11.8 Å². The van der Waals surface area contributed by atoms with Crippen LogP contribution in [0.3, 0.4) is 0 Å². The highest BCUT2D eigenvalue weighted by Gasteiger charge is 2.33. The van der Waals surface area contributed by atoms with Gasteiger partial charge in [-0.3, -0.25) is 4.99 Å². The van der Waals surface area contributed by atoms with E-state index in [1.165, 1.54) is 38.5 Å². The third-order valence-electron chi connectivity index (χ3n) is 5.07. The molecule has 2 saturated carbocycles. The molecule has 0 aromatic rings. The highest BCUT2D eigenvalue weighted by atomic mass is 127. The largest absolute Gasteiger partial charge is 0.357 e. The Morgan fingerprint density at radius 3 is 2.36 bits per heavy atom. The van der Waals surface area contributed by atoms with Crippen molar-refractivity contribution < 1.29 is 0 Å². The monoisotopic (exact) mass is 422 g/mol. The van der Waals surface area contributed by atoms with Gasteiger partial charge in [-0.05, 0) is 52.1 Å². The number of rotatable bonds is 6. The molecule has 3 atom stereocenters. The maximum absolute atomic E-state index is 4.88. The molecular weight excluding hydrogens is 387 g/mol. The molecule has 0 heterocycles. The van der Waals surface area contributed by atoms with Crippen LogP contribution in [0.25, 0.3) is 0 Å². The molecule has 0 bridgehead atoms. The second-order valence-electron chi connectivity index (χ2n) is 7.11. The van der Waals surface area contributed by atoms with E-state index in [-0.39, 0.29) is 24.0 Å². The van der Waals surface area contributed by atoms with E-state index in [0.29, 0.717) is 12.1 Å². The van der Waals surface area contributed by atoms with Crippen LogP contribution in [-0.4, -0.2) is 50.1 Å². The summed E-state index contributed by atoms with van der Waals surface area (Å²) in [4.78, 5) is 7.26. The summed E-state index contributed by atoms with van der Waals surface area (Å²) in [6.07, 6.45) is 8.26. The number of guanidine groups is 1. The van der Waals surface area contributed by atoms with Gasteiger partial charge in [0.15, 0.2) is 5.96 Å². The Balaban J connectivity index is 0.00000242. The Labute approximate surface area is 153 Å². The highest BCUT2D eigenvalue weighted by molar-refractivity contribution is 14.0. The molecule has 130 valence electrons. The molecule has 0 amide bonds. The van der Waals surface area contributed by atoms with Crippen molar-refractivity contribution in [2.75, 3.05) is 27.2 Å². The lowest BCUT2D eigenvalue weighted by Crippen LogP contribution is -2.42. The molecule has 2 aliphatic rings. The molecule has 4 nitrogen and oxygen atoms in total. The Morgan fingerprint density at radius 1 is 1.23 bits per heavy atom. The molecule has 0 radical (unpaired) electrons. The summed E-state index contributed by atoms with van der Waals surface area (Å²) in [5.74, 6) is 2.63. The van der Waals surface area contributed by atoms with Gasteiger partial charge < -0.3 is 15.5 Å². The summed E-state index contributed by atoms with van der Waals surface area (Å²) < 4.78 is 0. The number of aliphatic imine (C=N–C) groups is 1. The quantitative estimate of drug-likeness (QED) is 0.393. The smallest absolute Gasteiger partial charge is 0.191 e. The van der Waals surface area contributed by atoms with E-state index in [2.05, 4.69) is 43.5 Å². The first-order chi connectivity index (χ1) is 10.1. The predicted molar refractivity (Wildman–Crippen MR) is 106 cm³/mol. The van der Waals surface area contributed by atoms with Crippen LogP contribution in [0.5, 0.6) is 0 Å². The Morgan fingerprint density at radius 2 is 1.86 bits per heavy atom. The highest BCUT2D eigenvalue weighted by Crippen LogP contribution is 2.29. The van der Waals surface area contributed by atoms with Crippen LogP contribution in [0.4, 0.5) is 0 Å². The van der Waals surface area contributed by atoms with E-state index >= 15 is 0 Å². The Kier molecular flexibility index (Phi) is 9.05. The topological polar surface area (TPSA) is 39.7 Å². The fourth-order valence-electron chi connectivity index (χ4n) is 3.46. The van der Waals surface area contributed by atoms with Gasteiger partial charge in [-0.2, -0.15) is 0 Å². The van der Waals surface area contributed by atoms with E-state index in [4.69, 9.17) is 4.99 Å². The number of hydrogen-bond donors (Lipinski definition) is 2. The maximum Gasteiger partial charge on any atom is 0.191 e. The summed E-state index contributed by atoms with van der Waals surface area (Å²) in [5, 5.41) is 6.95. The van der Waals surface area contributed by atoms with E-state index in [1.807, 2.05) is 0 Å². The molecule has 0 saturated heterocycles. The lowest BCUT2D eigenvalue weighted by atomic mass is 9.83. The zero-order valence-electron chi connectivity index (χ0n) is 14.8. The SMILES string of the molecule is CCNC(=NCC(C1CCCCC1)N(C)C)NC1CC1C.I. The molecule has 0 aromatic heterocycles. The zero-order valence-corrected chi connectivity index (χ0v) is 17.1. The van der Waals surface area contributed by atoms with Gasteiger partial charge in [0.1, 0.15) is 0 Å². The van der Waals surface area contributed by atoms with Crippen molar-refractivity contribution in [1.82, 2.24) is 15.5 Å². The van der Waals surface area contributed by atoms with Gasteiger partial charge in [0.25, 0.3) is 0 Å². The van der Waals surface area contributed by atoms with Crippen molar-refractivity contribution in [3.05, 3.63) is 0 Å². The molecule has 2 N–H and O–H groups in total. The average Bonchev–Trinajstić information content (AvgIpc) is 3.15. The van der Waals surface area contributed by atoms with Crippen LogP contribution in [-0.2, 0) is 0 Å². The van der Waals surface area contributed by atoms with E-state index in [1.54, 1.807) is 0 Å². The minimum Gasteiger partial charge on any atom is -0.357 e. The van der Waals surface area contributed by atoms with E-state index in [0.717, 1.165) is 30.9 Å².